The van der Waals surface area contributed by atoms with Gasteiger partial charge in [0.25, 0.3) is 0 Å². The van der Waals surface area contributed by atoms with Gasteiger partial charge in [-0.1, -0.05) is 13.0 Å². The van der Waals surface area contributed by atoms with Gasteiger partial charge in [0.1, 0.15) is 22.8 Å². The van der Waals surface area contributed by atoms with Crippen LogP contribution >= 0.6 is 0 Å². The van der Waals surface area contributed by atoms with Gasteiger partial charge in [0.15, 0.2) is 5.65 Å². The molecule has 1 amide bonds. The number of rotatable bonds is 6. The molecule has 1 aliphatic heterocycles. The van der Waals surface area contributed by atoms with Crippen LogP contribution in [0.4, 0.5) is 26.4 Å². The second-order valence-corrected chi connectivity index (χ2v) is 9.43. The van der Waals surface area contributed by atoms with Gasteiger partial charge < -0.3 is 21.1 Å². The molecule has 186 valence electrons. The maximum atomic E-state index is 14.4. The van der Waals surface area contributed by atoms with E-state index in [0.29, 0.717) is 61.9 Å². The highest BCUT2D eigenvalue weighted by molar-refractivity contribution is 5.78. The highest BCUT2D eigenvalue weighted by Crippen LogP contribution is 2.37. The summed E-state index contributed by atoms with van der Waals surface area (Å²) >= 11 is 0. The van der Waals surface area contributed by atoms with Crippen molar-refractivity contribution in [3.8, 4) is 0 Å². The number of halogens is 2. The number of hydrogen-bond acceptors (Lipinski definition) is 7. The molecule has 3 aromatic rings. The normalized spacial score (nSPS) is 24.9. The number of aromatic nitrogens is 4. The van der Waals surface area contributed by atoms with Crippen molar-refractivity contribution in [2.45, 2.75) is 51.1 Å². The second-order valence-electron chi connectivity index (χ2n) is 9.43. The predicted molar refractivity (Wildman–Crippen MR) is 127 cm³/mol. The van der Waals surface area contributed by atoms with Crippen molar-refractivity contribution in [1.82, 2.24) is 19.5 Å². The van der Waals surface area contributed by atoms with E-state index >= 15 is 0 Å². The lowest BCUT2D eigenvalue weighted by molar-refractivity contribution is -0.122. The molecule has 4 N–H and O–H groups in total. The minimum atomic E-state index is -0.719. The van der Waals surface area contributed by atoms with Crippen LogP contribution in [-0.4, -0.2) is 44.7 Å². The predicted octanol–water partition coefficient (Wildman–Crippen LogP) is 3.90. The van der Waals surface area contributed by atoms with E-state index in [-0.39, 0.29) is 35.5 Å². The fourth-order valence-corrected chi connectivity index (χ4v) is 5.00. The first-order valence-corrected chi connectivity index (χ1v) is 12.0. The maximum Gasteiger partial charge on any atom is 0.224 e. The summed E-state index contributed by atoms with van der Waals surface area (Å²) in [6, 6.07) is 3.79. The molecule has 0 spiro atoms. The first-order chi connectivity index (χ1) is 16.9. The van der Waals surface area contributed by atoms with Crippen molar-refractivity contribution in [3.05, 3.63) is 36.0 Å². The monoisotopic (exact) mass is 485 g/mol. The Hall–Kier alpha value is -3.34. The van der Waals surface area contributed by atoms with Gasteiger partial charge in [0.2, 0.25) is 17.8 Å². The molecule has 0 bridgehead atoms. The van der Waals surface area contributed by atoms with E-state index in [1.807, 2.05) is 4.57 Å². The van der Waals surface area contributed by atoms with E-state index < -0.39 is 11.6 Å². The number of fused-ring (bicyclic) bond motifs is 1. The molecule has 35 heavy (non-hydrogen) atoms. The number of carbonyl (C=O) groups is 1. The highest BCUT2D eigenvalue weighted by atomic mass is 19.1. The number of nitrogens with zero attached hydrogens (tertiary/aromatic N) is 4. The molecule has 2 atom stereocenters. The zero-order valence-corrected chi connectivity index (χ0v) is 19.5. The van der Waals surface area contributed by atoms with Gasteiger partial charge in [0.05, 0.1) is 12.8 Å². The fourth-order valence-electron chi connectivity index (χ4n) is 5.00. The number of amides is 1. The number of imidazole rings is 1. The SMILES string of the molecule is C[C@H]1COCC[C@H]1Nc1ncc2nc(Nc3c(F)cccc3F)n([C@H]3CC[C@@H](C(N)=O)CC3)c2n1. The lowest BCUT2D eigenvalue weighted by Crippen LogP contribution is -2.36. The maximum absolute atomic E-state index is 14.4. The number of para-hydroxylation sites is 1. The average molecular weight is 486 g/mol. The van der Waals surface area contributed by atoms with Gasteiger partial charge in [-0.3, -0.25) is 9.36 Å². The molecule has 2 fully saturated rings. The molecular formula is C24H29F2N7O2. The Morgan fingerprint density at radius 2 is 1.89 bits per heavy atom. The number of carbonyl (C=O) groups excluding carboxylic acids is 1. The Bertz CT molecular complexity index is 1210. The number of primary amides is 1. The molecule has 5 rings (SSSR count). The van der Waals surface area contributed by atoms with Gasteiger partial charge in [-0.2, -0.15) is 4.98 Å². The lowest BCUT2D eigenvalue weighted by atomic mass is 9.85. The number of benzene rings is 1. The minimum absolute atomic E-state index is 0.0716. The van der Waals surface area contributed by atoms with Crippen LogP contribution in [0.3, 0.4) is 0 Å². The van der Waals surface area contributed by atoms with Crippen molar-refractivity contribution in [3.63, 3.8) is 0 Å². The third-order valence-corrected chi connectivity index (χ3v) is 7.05. The van der Waals surface area contributed by atoms with E-state index in [0.717, 1.165) is 6.42 Å². The van der Waals surface area contributed by atoms with Crippen molar-refractivity contribution >= 4 is 34.7 Å². The van der Waals surface area contributed by atoms with Crippen LogP contribution in [-0.2, 0) is 9.53 Å². The van der Waals surface area contributed by atoms with E-state index in [1.54, 1.807) is 6.20 Å². The van der Waals surface area contributed by atoms with Gasteiger partial charge in [-0.05, 0) is 50.2 Å². The van der Waals surface area contributed by atoms with Crippen LogP contribution in [0.25, 0.3) is 11.2 Å². The molecule has 0 radical (unpaired) electrons. The molecule has 3 heterocycles. The molecule has 1 saturated heterocycles. The van der Waals surface area contributed by atoms with Gasteiger partial charge >= 0.3 is 0 Å². The second kappa shape index (κ2) is 9.73. The average Bonchev–Trinajstić information content (AvgIpc) is 3.20. The van der Waals surface area contributed by atoms with Crippen LogP contribution in [0.2, 0.25) is 0 Å². The molecule has 2 aromatic heterocycles. The minimum Gasteiger partial charge on any atom is -0.381 e. The number of anilines is 3. The summed E-state index contributed by atoms with van der Waals surface area (Å²) in [5.41, 5.74) is 6.30. The summed E-state index contributed by atoms with van der Waals surface area (Å²) in [4.78, 5) is 25.4. The number of nitrogens with two attached hydrogens (primary N) is 1. The van der Waals surface area contributed by atoms with Crippen LogP contribution in [0.15, 0.2) is 24.4 Å². The number of ether oxygens (including phenoxy) is 1. The van der Waals surface area contributed by atoms with Crippen LogP contribution < -0.4 is 16.4 Å². The van der Waals surface area contributed by atoms with Crippen LogP contribution in [0, 0.1) is 23.5 Å². The lowest BCUT2D eigenvalue weighted by Gasteiger charge is -2.30. The summed E-state index contributed by atoms with van der Waals surface area (Å²) < 4.78 is 36.3. The first-order valence-electron chi connectivity index (χ1n) is 12.0. The Morgan fingerprint density at radius 3 is 2.57 bits per heavy atom. The van der Waals surface area contributed by atoms with Crippen LogP contribution in [0.1, 0.15) is 45.1 Å². The quantitative estimate of drug-likeness (QED) is 0.484. The van der Waals surface area contributed by atoms with E-state index in [4.69, 9.17) is 15.5 Å². The van der Waals surface area contributed by atoms with Crippen molar-refractivity contribution in [1.29, 1.82) is 0 Å². The molecule has 1 saturated carbocycles. The summed E-state index contributed by atoms with van der Waals surface area (Å²) in [5.74, 6) is -0.873. The molecule has 11 heteroatoms. The third-order valence-electron chi connectivity index (χ3n) is 7.05. The molecule has 2 aliphatic rings. The molecule has 0 unspecified atom stereocenters. The van der Waals surface area contributed by atoms with Crippen LogP contribution in [0.5, 0.6) is 0 Å². The summed E-state index contributed by atoms with van der Waals surface area (Å²) in [5, 5.41) is 6.25. The van der Waals surface area contributed by atoms with Gasteiger partial charge in [-0.25, -0.2) is 18.7 Å². The van der Waals surface area contributed by atoms with E-state index in [2.05, 4.69) is 27.5 Å². The van der Waals surface area contributed by atoms with Gasteiger partial charge in [0, 0.05) is 24.6 Å². The summed E-state index contributed by atoms with van der Waals surface area (Å²) in [7, 11) is 0. The topological polar surface area (TPSA) is 120 Å². The molecule has 1 aromatic carbocycles. The Kier molecular flexibility index (Phi) is 6.50. The zero-order valence-electron chi connectivity index (χ0n) is 19.5. The van der Waals surface area contributed by atoms with E-state index in [9.17, 15) is 13.6 Å². The zero-order chi connectivity index (χ0) is 24.5. The highest BCUT2D eigenvalue weighted by Gasteiger charge is 2.30. The Labute approximate surface area is 201 Å². The number of nitrogens with one attached hydrogen (secondary N) is 2. The molecular weight excluding hydrogens is 456 g/mol. The largest absolute Gasteiger partial charge is 0.381 e. The molecule has 9 nitrogen and oxygen atoms in total. The molecule has 1 aliphatic carbocycles. The Balaban J connectivity index is 1.52. The summed E-state index contributed by atoms with van der Waals surface area (Å²) in [6.45, 7) is 3.46. The van der Waals surface area contributed by atoms with Crippen molar-refractivity contribution < 1.29 is 18.3 Å². The van der Waals surface area contributed by atoms with Crippen molar-refractivity contribution in [2.24, 2.45) is 17.6 Å². The van der Waals surface area contributed by atoms with Crippen molar-refractivity contribution in [2.75, 3.05) is 23.8 Å². The smallest absolute Gasteiger partial charge is 0.224 e. The third kappa shape index (κ3) is 4.77. The Morgan fingerprint density at radius 1 is 1.14 bits per heavy atom. The van der Waals surface area contributed by atoms with E-state index in [1.165, 1.54) is 18.2 Å². The summed E-state index contributed by atoms with van der Waals surface area (Å²) in [6.07, 6.45) is 5.04. The fraction of sp³-hybridized carbons (Fsp3) is 0.500. The van der Waals surface area contributed by atoms with Gasteiger partial charge in [-0.15, -0.1) is 0 Å². The number of hydrogen-bond donors (Lipinski definition) is 3. The standard InChI is InChI=1S/C24H29F2N7O2/c1-13-12-35-10-9-18(13)29-23-28-11-19-22(32-23)33(15-7-5-14(6-8-15)21(27)34)24(30-19)31-20-16(25)3-2-4-17(20)26/h2-4,11,13-15,18H,5-10,12H2,1H3,(H2,27,34)(H,30,31)(H,28,29,32)/t13-,14-,15+,18+/m0/s1. The first kappa shape index (κ1) is 23.4.